The topological polar surface area (TPSA) is 32.3 Å². The Kier molecular flexibility index (Phi) is 7.40. The standard InChI is InChI=1S/C22H29NOS/c24-22(15-19-8-4-1-5-9-19)20-13-11-18(12-14-20)7-3-2-6-10-21-16-23-17-25-21/h1,4-5,8-9,11-14,21-24H,2-3,6-7,10,15-17H2. The molecule has 2 nitrogen and oxygen atoms in total. The monoisotopic (exact) mass is 355 g/mol. The van der Waals surface area contributed by atoms with E-state index in [0.717, 1.165) is 23.1 Å². The number of aliphatic hydroxyl groups excluding tert-OH is 1. The van der Waals surface area contributed by atoms with Gasteiger partial charge in [-0.3, -0.25) is 0 Å². The largest absolute Gasteiger partial charge is 0.388 e. The second kappa shape index (κ2) is 10.0. The van der Waals surface area contributed by atoms with Crippen LogP contribution in [0.3, 0.4) is 0 Å². The van der Waals surface area contributed by atoms with E-state index in [2.05, 4.69) is 53.5 Å². The summed E-state index contributed by atoms with van der Waals surface area (Å²) >= 11 is 2.07. The van der Waals surface area contributed by atoms with Crippen molar-refractivity contribution in [1.29, 1.82) is 0 Å². The van der Waals surface area contributed by atoms with Crippen molar-refractivity contribution < 1.29 is 5.11 Å². The molecule has 2 unspecified atom stereocenters. The lowest BCUT2D eigenvalue weighted by Gasteiger charge is -2.12. The lowest BCUT2D eigenvalue weighted by atomic mass is 9.99. The summed E-state index contributed by atoms with van der Waals surface area (Å²) in [6.45, 7) is 1.19. The second-order valence-corrected chi connectivity index (χ2v) is 8.22. The number of hydrogen-bond donors (Lipinski definition) is 2. The number of benzene rings is 2. The van der Waals surface area contributed by atoms with Crippen LogP contribution in [0.4, 0.5) is 0 Å². The maximum atomic E-state index is 10.4. The van der Waals surface area contributed by atoms with Gasteiger partial charge < -0.3 is 10.4 Å². The Morgan fingerprint density at radius 1 is 0.960 bits per heavy atom. The molecule has 0 amide bonds. The molecule has 0 spiro atoms. The molecule has 0 radical (unpaired) electrons. The Labute approximate surface area is 156 Å². The maximum Gasteiger partial charge on any atom is 0.0830 e. The quantitative estimate of drug-likeness (QED) is 0.638. The first-order chi connectivity index (χ1) is 12.3. The molecule has 1 heterocycles. The molecule has 1 aliphatic rings. The summed E-state index contributed by atoms with van der Waals surface area (Å²) in [6, 6.07) is 18.7. The van der Waals surface area contributed by atoms with Crippen LogP contribution < -0.4 is 5.32 Å². The van der Waals surface area contributed by atoms with Crippen molar-refractivity contribution in [3.63, 3.8) is 0 Å². The fraction of sp³-hybridized carbons (Fsp3) is 0.455. The van der Waals surface area contributed by atoms with E-state index < -0.39 is 6.10 Å². The lowest BCUT2D eigenvalue weighted by Crippen LogP contribution is -2.12. The smallest absolute Gasteiger partial charge is 0.0830 e. The highest BCUT2D eigenvalue weighted by Crippen LogP contribution is 2.22. The van der Waals surface area contributed by atoms with E-state index in [-0.39, 0.29) is 0 Å². The van der Waals surface area contributed by atoms with E-state index in [1.54, 1.807) is 0 Å². The normalized spacial score (nSPS) is 18.4. The van der Waals surface area contributed by atoms with E-state index in [1.807, 2.05) is 18.2 Å². The summed E-state index contributed by atoms with van der Waals surface area (Å²) in [5, 5.41) is 14.7. The van der Waals surface area contributed by atoms with E-state index in [9.17, 15) is 5.11 Å². The van der Waals surface area contributed by atoms with Crippen LogP contribution in [0.15, 0.2) is 54.6 Å². The molecular formula is C22H29NOS. The van der Waals surface area contributed by atoms with Gasteiger partial charge in [-0.15, -0.1) is 11.8 Å². The molecule has 0 saturated carbocycles. The number of aliphatic hydroxyl groups is 1. The van der Waals surface area contributed by atoms with Crippen LogP contribution in [0.5, 0.6) is 0 Å². The van der Waals surface area contributed by atoms with Crippen LogP contribution in [0, 0.1) is 0 Å². The van der Waals surface area contributed by atoms with Crippen molar-refractivity contribution in [2.45, 2.75) is 49.9 Å². The number of unbranched alkanes of at least 4 members (excludes halogenated alkanes) is 2. The SMILES string of the molecule is OC(Cc1ccccc1)c1ccc(CCCCCC2CNCS2)cc1. The van der Waals surface area contributed by atoms with Crippen LogP contribution in [0.1, 0.15) is 48.5 Å². The number of hydrogen-bond acceptors (Lipinski definition) is 3. The fourth-order valence-electron chi connectivity index (χ4n) is 3.38. The molecular weight excluding hydrogens is 326 g/mol. The molecule has 0 bridgehead atoms. The van der Waals surface area contributed by atoms with E-state index in [4.69, 9.17) is 0 Å². The highest BCUT2D eigenvalue weighted by atomic mass is 32.2. The summed E-state index contributed by atoms with van der Waals surface area (Å²) in [5.41, 5.74) is 3.57. The minimum atomic E-state index is -0.422. The van der Waals surface area contributed by atoms with Crippen LogP contribution in [-0.4, -0.2) is 22.8 Å². The molecule has 2 aromatic carbocycles. The number of rotatable bonds is 9. The Morgan fingerprint density at radius 3 is 2.48 bits per heavy atom. The molecule has 1 fully saturated rings. The van der Waals surface area contributed by atoms with Crippen LogP contribution in [0.2, 0.25) is 0 Å². The molecule has 0 aromatic heterocycles. The van der Waals surface area contributed by atoms with Gasteiger partial charge >= 0.3 is 0 Å². The molecule has 1 aliphatic heterocycles. The van der Waals surface area contributed by atoms with E-state index in [1.165, 1.54) is 43.4 Å². The molecule has 1 saturated heterocycles. The highest BCUT2D eigenvalue weighted by Gasteiger charge is 2.13. The molecule has 2 N–H and O–H groups in total. The van der Waals surface area contributed by atoms with Gasteiger partial charge in [0, 0.05) is 24.1 Å². The summed E-state index contributed by atoms with van der Waals surface area (Å²) in [6.07, 6.45) is 6.66. The van der Waals surface area contributed by atoms with Crippen molar-refractivity contribution in [1.82, 2.24) is 5.32 Å². The molecule has 0 aliphatic carbocycles. The summed E-state index contributed by atoms with van der Waals surface area (Å²) in [7, 11) is 0. The van der Waals surface area contributed by atoms with E-state index in [0.29, 0.717) is 6.42 Å². The van der Waals surface area contributed by atoms with Gasteiger partial charge in [-0.1, -0.05) is 67.4 Å². The number of nitrogens with one attached hydrogen (secondary N) is 1. The van der Waals surface area contributed by atoms with Gasteiger partial charge in [-0.2, -0.15) is 0 Å². The highest BCUT2D eigenvalue weighted by molar-refractivity contribution is 8.00. The van der Waals surface area contributed by atoms with Gasteiger partial charge in [0.25, 0.3) is 0 Å². The van der Waals surface area contributed by atoms with Gasteiger partial charge in [0.05, 0.1) is 6.10 Å². The number of thioether (sulfide) groups is 1. The molecule has 134 valence electrons. The minimum Gasteiger partial charge on any atom is -0.388 e. The van der Waals surface area contributed by atoms with Crippen molar-refractivity contribution in [3.05, 3.63) is 71.3 Å². The zero-order valence-corrected chi connectivity index (χ0v) is 15.7. The van der Waals surface area contributed by atoms with Crippen molar-refractivity contribution in [2.75, 3.05) is 12.4 Å². The predicted molar refractivity (Wildman–Crippen MR) is 108 cm³/mol. The third-order valence-electron chi connectivity index (χ3n) is 4.92. The first kappa shape index (κ1) is 18.5. The molecule has 25 heavy (non-hydrogen) atoms. The average Bonchev–Trinajstić information content (AvgIpc) is 3.16. The third-order valence-corrected chi connectivity index (χ3v) is 6.17. The summed E-state index contributed by atoms with van der Waals surface area (Å²) in [5.74, 6) is 1.13. The zero-order chi connectivity index (χ0) is 17.3. The Hall–Kier alpha value is -1.29. The molecule has 2 atom stereocenters. The Morgan fingerprint density at radius 2 is 1.76 bits per heavy atom. The van der Waals surface area contributed by atoms with Crippen LogP contribution >= 0.6 is 11.8 Å². The summed E-state index contributed by atoms with van der Waals surface area (Å²) < 4.78 is 0. The van der Waals surface area contributed by atoms with Gasteiger partial charge in [0.1, 0.15) is 0 Å². The summed E-state index contributed by atoms with van der Waals surface area (Å²) in [4.78, 5) is 0. The van der Waals surface area contributed by atoms with Crippen LogP contribution in [0.25, 0.3) is 0 Å². The first-order valence-electron chi connectivity index (χ1n) is 9.44. The predicted octanol–water partition coefficient (Wildman–Crippen LogP) is 4.73. The molecule has 3 rings (SSSR count). The number of aryl methyl sites for hydroxylation is 1. The molecule has 3 heteroatoms. The van der Waals surface area contributed by atoms with Gasteiger partial charge in [-0.05, 0) is 36.0 Å². The van der Waals surface area contributed by atoms with Crippen molar-refractivity contribution in [2.24, 2.45) is 0 Å². The van der Waals surface area contributed by atoms with Crippen molar-refractivity contribution >= 4 is 11.8 Å². The molecule has 2 aromatic rings. The minimum absolute atomic E-state index is 0.422. The maximum absolute atomic E-state index is 10.4. The van der Waals surface area contributed by atoms with Gasteiger partial charge in [0.2, 0.25) is 0 Å². The van der Waals surface area contributed by atoms with Crippen LogP contribution in [-0.2, 0) is 12.8 Å². The Balaban J connectivity index is 1.37. The third kappa shape index (κ3) is 6.18. The van der Waals surface area contributed by atoms with Gasteiger partial charge in [-0.25, -0.2) is 0 Å². The van der Waals surface area contributed by atoms with Gasteiger partial charge in [0.15, 0.2) is 0 Å². The van der Waals surface area contributed by atoms with Crippen molar-refractivity contribution in [3.8, 4) is 0 Å². The fourth-order valence-corrected chi connectivity index (χ4v) is 4.42. The lowest BCUT2D eigenvalue weighted by molar-refractivity contribution is 0.178. The van der Waals surface area contributed by atoms with E-state index >= 15 is 0 Å². The average molecular weight is 356 g/mol. The first-order valence-corrected chi connectivity index (χ1v) is 10.5. The zero-order valence-electron chi connectivity index (χ0n) is 14.9. The Bertz CT molecular complexity index is 608. The second-order valence-electron chi connectivity index (χ2n) is 6.93.